The van der Waals surface area contributed by atoms with Gasteiger partial charge in [-0.2, -0.15) is 0 Å². The second kappa shape index (κ2) is 11.1. The Hall–Kier alpha value is -3.83. The number of likely N-dealkylation sites (N-methyl/N-ethyl adjacent to an activating group) is 1. The molecule has 3 N–H and O–H groups in total. The van der Waals surface area contributed by atoms with E-state index in [1.807, 2.05) is 6.07 Å². The topological polar surface area (TPSA) is 131 Å². The first kappa shape index (κ1) is 26.8. The minimum Gasteiger partial charge on any atom is -0.480 e. The molecule has 0 spiro atoms. The van der Waals surface area contributed by atoms with Gasteiger partial charge in [0, 0.05) is 19.6 Å². The van der Waals surface area contributed by atoms with Gasteiger partial charge in [-0.25, -0.2) is 9.97 Å². The number of methoxy groups -OCH3 is 1. The minimum absolute atomic E-state index is 0.0131. The second-order valence-corrected chi connectivity index (χ2v) is 11.3. The fraction of sp³-hybridized carbons (Fsp3) is 0.393. The van der Waals surface area contributed by atoms with Gasteiger partial charge in [0.25, 0.3) is 5.91 Å². The first-order valence-corrected chi connectivity index (χ1v) is 13.8. The highest BCUT2D eigenvalue weighted by Gasteiger charge is 2.34. The molecular weight excluding hydrogens is 516 g/mol. The van der Waals surface area contributed by atoms with Gasteiger partial charge in [-0.3, -0.25) is 14.4 Å². The maximum absolute atomic E-state index is 13.4. The number of fused-ring (bicyclic) bond motifs is 1. The number of likely N-dealkylation sites (tertiary alicyclic amines) is 1. The van der Waals surface area contributed by atoms with E-state index in [0.717, 1.165) is 53.1 Å². The molecule has 2 aliphatic rings. The fourth-order valence-electron chi connectivity index (χ4n) is 5.15. The summed E-state index contributed by atoms with van der Waals surface area (Å²) in [5.41, 5.74) is 8.75. The third-order valence-electron chi connectivity index (χ3n) is 7.32. The van der Waals surface area contributed by atoms with Gasteiger partial charge in [-0.15, -0.1) is 11.3 Å². The van der Waals surface area contributed by atoms with Crippen LogP contribution in [0.25, 0.3) is 15.8 Å². The fourth-order valence-corrected chi connectivity index (χ4v) is 6.17. The van der Waals surface area contributed by atoms with Crippen LogP contribution in [0.15, 0.2) is 36.5 Å². The van der Waals surface area contributed by atoms with Crippen LogP contribution >= 0.6 is 11.3 Å². The van der Waals surface area contributed by atoms with Crippen LogP contribution in [0.2, 0.25) is 0 Å². The maximum atomic E-state index is 13.4. The van der Waals surface area contributed by atoms with E-state index < -0.39 is 17.7 Å². The van der Waals surface area contributed by atoms with Gasteiger partial charge in [0.15, 0.2) is 0 Å². The number of benzene rings is 1. The van der Waals surface area contributed by atoms with Gasteiger partial charge in [-0.05, 0) is 61.6 Å². The van der Waals surface area contributed by atoms with Gasteiger partial charge < -0.3 is 25.6 Å². The van der Waals surface area contributed by atoms with E-state index in [1.54, 1.807) is 16.2 Å². The number of aromatic nitrogens is 2. The van der Waals surface area contributed by atoms with Crippen molar-refractivity contribution in [3.8, 4) is 5.88 Å². The quantitative estimate of drug-likeness (QED) is 0.467. The highest BCUT2D eigenvalue weighted by atomic mass is 32.1. The van der Waals surface area contributed by atoms with Crippen molar-refractivity contribution in [1.82, 2.24) is 19.8 Å². The van der Waals surface area contributed by atoms with Gasteiger partial charge in [0.05, 0.1) is 35.3 Å². The Morgan fingerprint density at radius 2 is 2.03 bits per heavy atom. The molecule has 2 atom stereocenters. The monoisotopic (exact) mass is 548 g/mol. The van der Waals surface area contributed by atoms with Crippen LogP contribution in [0.1, 0.15) is 53.2 Å². The lowest BCUT2D eigenvalue weighted by Gasteiger charge is -2.38. The lowest BCUT2D eigenvalue weighted by atomic mass is 9.89. The normalized spacial score (nSPS) is 20.0. The van der Waals surface area contributed by atoms with Crippen LogP contribution in [-0.2, 0) is 9.59 Å². The van der Waals surface area contributed by atoms with Crippen LogP contribution in [-0.4, -0.2) is 71.3 Å². The number of carbonyl (C=O) groups is 3. The Kier molecular flexibility index (Phi) is 7.62. The number of anilines is 1. The summed E-state index contributed by atoms with van der Waals surface area (Å²) in [5.74, 6) is -1.89. The number of rotatable bonds is 5. The number of hydrogen-bond donors (Lipinski definition) is 2. The SMILES string of the molecule is COc1ncc(NC(=O)C(=O)N2C[C@@H](C)CC[C@@H]2c2ccc3sc(C4=CCN(C)CC4)nc3c2)cc1C(N)=O. The van der Waals surface area contributed by atoms with Crippen molar-refractivity contribution in [2.45, 2.75) is 32.2 Å². The second-order valence-electron chi connectivity index (χ2n) is 10.2. The summed E-state index contributed by atoms with van der Waals surface area (Å²) < 4.78 is 6.15. The summed E-state index contributed by atoms with van der Waals surface area (Å²) in [7, 11) is 3.48. The van der Waals surface area contributed by atoms with Gasteiger partial charge in [0.2, 0.25) is 5.88 Å². The number of pyridine rings is 1. The number of primary amides is 1. The summed E-state index contributed by atoms with van der Waals surface area (Å²) >= 11 is 1.69. The Morgan fingerprint density at radius 1 is 1.21 bits per heavy atom. The van der Waals surface area contributed by atoms with E-state index >= 15 is 0 Å². The van der Waals surface area contributed by atoms with E-state index in [-0.39, 0.29) is 29.1 Å². The average Bonchev–Trinajstić information content (AvgIpc) is 3.36. The van der Waals surface area contributed by atoms with E-state index in [2.05, 4.69) is 47.4 Å². The molecule has 2 aliphatic heterocycles. The molecule has 1 fully saturated rings. The highest BCUT2D eigenvalue weighted by molar-refractivity contribution is 7.19. The van der Waals surface area contributed by atoms with Crippen LogP contribution in [0.5, 0.6) is 5.88 Å². The van der Waals surface area contributed by atoms with Crippen LogP contribution in [0.3, 0.4) is 0 Å². The molecule has 39 heavy (non-hydrogen) atoms. The molecule has 0 radical (unpaired) electrons. The molecule has 4 heterocycles. The number of nitrogens with one attached hydrogen (secondary N) is 1. The molecule has 0 saturated carbocycles. The summed E-state index contributed by atoms with van der Waals surface area (Å²) in [5, 5.41) is 3.61. The van der Waals surface area contributed by atoms with E-state index in [0.29, 0.717) is 6.54 Å². The number of amides is 3. The first-order valence-electron chi connectivity index (χ1n) is 13.0. The molecule has 10 nitrogen and oxygen atoms in total. The Labute approximate surface area is 230 Å². The Balaban J connectivity index is 1.37. The molecule has 3 aromatic rings. The van der Waals surface area contributed by atoms with Crippen molar-refractivity contribution in [3.63, 3.8) is 0 Å². The highest BCUT2D eigenvalue weighted by Crippen LogP contribution is 2.37. The lowest BCUT2D eigenvalue weighted by Crippen LogP contribution is -2.46. The van der Waals surface area contributed by atoms with Crippen molar-refractivity contribution in [2.75, 3.05) is 39.1 Å². The van der Waals surface area contributed by atoms with Gasteiger partial charge in [-0.1, -0.05) is 19.1 Å². The summed E-state index contributed by atoms with van der Waals surface area (Å²) in [4.78, 5) is 51.1. The summed E-state index contributed by atoms with van der Waals surface area (Å²) in [6.07, 6.45) is 6.23. The molecule has 2 aromatic heterocycles. The molecule has 5 rings (SSSR count). The lowest BCUT2D eigenvalue weighted by molar-refractivity contribution is -0.146. The number of carbonyl (C=O) groups excluding carboxylic acids is 3. The molecule has 204 valence electrons. The zero-order valence-corrected chi connectivity index (χ0v) is 23.1. The molecule has 11 heteroatoms. The Morgan fingerprint density at radius 3 is 2.74 bits per heavy atom. The molecule has 0 aliphatic carbocycles. The van der Waals surface area contributed by atoms with E-state index in [4.69, 9.17) is 15.5 Å². The molecular formula is C28H32N6O4S. The Bertz CT molecular complexity index is 1470. The van der Waals surface area contributed by atoms with Crippen molar-refractivity contribution < 1.29 is 19.1 Å². The van der Waals surface area contributed by atoms with Gasteiger partial charge in [0.1, 0.15) is 10.6 Å². The maximum Gasteiger partial charge on any atom is 0.313 e. The number of ether oxygens (including phenoxy) is 1. The third-order valence-corrected chi connectivity index (χ3v) is 8.44. The molecule has 0 bridgehead atoms. The molecule has 1 saturated heterocycles. The molecule has 1 aromatic carbocycles. The largest absolute Gasteiger partial charge is 0.480 e. The number of nitrogens with zero attached hydrogens (tertiary/aromatic N) is 4. The molecule has 3 amide bonds. The molecule has 0 unspecified atom stereocenters. The standard InChI is InChI=1S/C28H32N6O4S/c1-16-4-6-22(18-5-7-23-21(12-18)32-27(39-23)17-8-10-33(2)11-9-17)34(15-16)28(37)25(36)31-19-13-20(24(29)35)26(38-3)30-14-19/h5,7-8,12-14,16,22H,4,6,9-11,15H2,1-3H3,(H2,29,35)(H,31,36)/t16-,22+/m0/s1. The van der Waals surface area contributed by atoms with Gasteiger partial charge >= 0.3 is 11.8 Å². The van der Waals surface area contributed by atoms with E-state index in [1.165, 1.54) is 24.9 Å². The summed E-state index contributed by atoms with van der Waals surface area (Å²) in [6.45, 7) is 4.48. The number of piperidine rings is 1. The van der Waals surface area contributed by atoms with Crippen molar-refractivity contribution in [1.29, 1.82) is 0 Å². The first-order chi connectivity index (χ1) is 18.7. The number of thiazole rings is 1. The van der Waals surface area contributed by atoms with Crippen LogP contribution < -0.4 is 15.8 Å². The van der Waals surface area contributed by atoms with Crippen LogP contribution in [0.4, 0.5) is 5.69 Å². The summed E-state index contributed by atoms with van der Waals surface area (Å²) in [6, 6.07) is 7.26. The zero-order valence-electron chi connectivity index (χ0n) is 22.3. The van der Waals surface area contributed by atoms with Crippen molar-refractivity contribution in [3.05, 3.63) is 52.7 Å². The van der Waals surface area contributed by atoms with Crippen molar-refractivity contribution >= 4 is 50.5 Å². The number of hydrogen-bond acceptors (Lipinski definition) is 8. The predicted molar refractivity (Wildman–Crippen MR) is 150 cm³/mol. The average molecular weight is 549 g/mol. The van der Waals surface area contributed by atoms with E-state index in [9.17, 15) is 14.4 Å². The van der Waals surface area contributed by atoms with Crippen LogP contribution in [0, 0.1) is 5.92 Å². The number of nitrogens with two attached hydrogens (primary N) is 1. The minimum atomic E-state index is -0.803. The zero-order chi connectivity index (χ0) is 27.7. The third kappa shape index (κ3) is 5.64. The smallest absolute Gasteiger partial charge is 0.313 e. The predicted octanol–water partition coefficient (Wildman–Crippen LogP) is 3.46. The van der Waals surface area contributed by atoms with Crippen molar-refractivity contribution in [2.24, 2.45) is 11.7 Å².